The van der Waals surface area contributed by atoms with E-state index in [0.717, 1.165) is 30.5 Å². The molecule has 0 radical (unpaired) electrons. The fourth-order valence-corrected chi connectivity index (χ4v) is 5.44. The molecule has 0 bridgehead atoms. The number of carbonyl (C=O) groups excluding carboxylic acids is 1. The maximum atomic E-state index is 13.4. The van der Waals surface area contributed by atoms with Crippen LogP contribution in [0.3, 0.4) is 0 Å². The second-order valence-electron chi connectivity index (χ2n) is 9.07. The summed E-state index contributed by atoms with van der Waals surface area (Å²) in [5.41, 5.74) is 1.06. The van der Waals surface area contributed by atoms with Crippen LogP contribution < -0.4 is 0 Å². The number of esters is 1. The molecule has 4 rings (SSSR count). The molecular formula is C25H27Cl2NO4. The lowest BCUT2D eigenvalue weighted by Crippen LogP contribution is -2.59. The fourth-order valence-electron chi connectivity index (χ4n) is 5.11. The van der Waals surface area contributed by atoms with Crippen molar-refractivity contribution in [2.75, 3.05) is 13.1 Å². The summed E-state index contributed by atoms with van der Waals surface area (Å²) in [6, 6.07) is 15.1. The van der Waals surface area contributed by atoms with E-state index in [9.17, 15) is 14.7 Å². The zero-order valence-electron chi connectivity index (χ0n) is 18.0. The smallest absolute Gasteiger partial charge is 0.326 e. The minimum absolute atomic E-state index is 0.0319. The van der Waals surface area contributed by atoms with Crippen molar-refractivity contribution < 1.29 is 19.4 Å². The molecule has 2 saturated heterocycles. The topological polar surface area (TPSA) is 66.8 Å². The molecule has 0 aliphatic carbocycles. The summed E-state index contributed by atoms with van der Waals surface area (Å²) in [7, 11) is 0. The maximum Gasteiger partial charge on any atom is 0.326 e. The molecule has 32 heavy (non-hydrogen) atoms. The number of hydrogen-bond acceptors (Lipinski definition) is 4. The number of carbonyl (C=O) groups is 2. The van der Waals surface area contributed by atoms with E-state index in [4.69, 9.17) is 27.9 Å². The van der Waals surface area contributed by atoms with Gasteiger partial charge in [-0.1, -0.05) is 47.5 Å². The number of carboxylic acid groups (broad SMARTS) is 1. The van der Waals surface area contributed by atoms with Gasteiger partial charge in [-0.15, -0.1) is 0 Å². The van der Waals surface area contributed by atoms with Crippen molar-refractivity contribution in [1.29, 1.82) is 0 Å². The average molecular weight is 476 g/mol. The summed E-state index contributed by atoms with van der Waals surface area (Å²) in [5.74, 6) is -1.14. The first-order valence-corrected chi connectivity index (χ1v) is 11.7. The Morgan fingerprint density at radius 1 is 1.16 bits per heavy atom. The van der Waals surface area contributed by atoms with Gasteiger partial charge in [0, 0.05) is 28.9 Å². The van der Waals surface area contributed by atoms with E-state index < -0.39 is 17.6 Å². The Morgan fingerprint density at radius 2 is 1.91 bits per heavy atom. The Morgan fingerprint density at radius 3 is 2.59 bits per heavy atom. The van der Waals surface area contributed by atoms with Crippen molar-refractivity contribution in [2.45, 2.75) is 50.2 Å². The standard InChI is InChI=1S/C25H27Cl2NO4/c1-25(28-11-3-4-16(15-28)12-22(29)30)14-21(18-5-2-6-20(27)13-18)23(32-24(25)31)17-7-9-19(26)10-8-17/h2,5-10,13,16,21,23H,3-4,11-12,14-15H2,1H3,(H,29,30). The number of nitrogens with zero attached hydrogens (tertiary/aromatic N) is 1. The molecule has 2 aromatic rings. The van der Waals surface area contributed by atoms with Gasteiger partial charge in [0.2, 0.25) is 0 Å². The summed E-state index contributed by atoms with van der Waals surface area (Å²) < 4.78 is 6.12. The monoisotopic (exact) mass is 475 g/mol. The van der Waals surface area contributed by atoms with E-state index >= 15 is 0 Å². The molecule has 2 heterocycles. The van der Waals surface area contributed by atoms with Crippen LogP contribution in [0.4, 0.5) is 0 Å². The van der Waals surface area contributed by atoms with Gasteiger partial charge in [-0.3, -0.25) is 14.5 Å². The quantitative estimate of drug-likeness (QED) is 0.560. The highest BCUT2D eigenvalue weighted by Crippen LogP contribution is 2.47. The van der Waals surface area contributed by atoms with Crippen molar-refractivity contribution in [2.24, 2.45) is 5.92 Å². The lowest BCUT2D eigenvalue weighted by Gasteiger charge is -2.49. The Labute approximate surface area is 198 Å². The SMILES string of the molecule is CC1(N2CCCC(CC(=O)O)C2)CC(c2cccc(Cl)c2)C(c2ccc(Cl)cc2)OC1=O. The number of hydrogen-bond donors (Lipinski definition) is 1. The number of piperidine rings is 1. The highest BCUT2D eigenvalue weighted by atomic mass is 35.5. The third-order valence-corrected chi connectivity index (χ3v) is 7.30. The van der Waals surface area contributed by atoms with Crippen molar-refractivity contribution in [3.63, 3.8) is 0 Å². The summed E-state index contributed by atoms with van der Waals surface area (Å²) in [4.78, 5) is 26.8. The molecular weight excluding hydrogens is 449 g/mol. The number of halogens is 2. The molecule has 0 spiro atoms. The van der Waals surface area contributed by atoms with Gasteiger partial charge in [0.15, 0.2) is 0 Å². The average Bonchev–Trinajstić information content (AvgIpc) is 2.76. The molecule has 2 aliphatic heterocycles. The van der Waals surface area contributed by atoms with Gasteiger partial charge in [-0.05, 0) is 74.0 Å². The molecule has 0 amide bonds. The second-order valence-corrected chi connectivity index (χ2v) is 9.94. The van der Waals surface area contributed by atoms with Gasteiger partial charge in [0.1, 0.15) is 11.6 Å². The largest absolute Gasteiger partial charge is 0.481 e. The van der Waals surface area contributed by atoms with Gasteiger partial charge in [0.05, 0.1) is 0 Å². The van der Waals surface area contributed by atoms with Crippen LogP contribution in [0.25, 0.3) is 0 Å². The molecule has 2 fully saturated rings. The normalized spacial score (nSPS) is 28.8. The predicted molar refractivity (Wildman–Crippen MR) is 124 cm³/mol. The van der Waals surface area contributed by atoms with Gasteiger partial charge in [-0.2, -0.15) is 0 Å². The first-order valence-electron chi connectivity index (χ1n) is 10.9. The first kappa shape index (κ1) is 23.1. The molecule has 0 saturated carbocycles. The molecule has 5 nitrogen and oxygen atoms in total. The van der Waals surface area contributed by atoms with Gasteiger partial charge in [0.25, 0.3) is 0 Å². The van der Waals surface area contributed by atoms with Crippen LogP contribution in [0.5, 0.6) is 0 Å². The van der Waals surface area contributed by atoms with E-state index in [1.54, 1.807) is 12.1 Å². The van der Waals surface area contributed by atoms with Crippen LogP contribution in [-0.2, 0) is 14.3 Å². The molecule has 170 valence electrons. The zero-order valence-corrected chi connectivity index (χ0v) is 19.5. The molecule has 4 unspecified atom stereocenters. The number of carboxylic acids is 1. The predicted octanol–water partition coefficient (Wildman–Crippen LogP) is 5.71. The Bertz CT molecular complexity index is 996. The molecule has 1 N–H and O–H groups in total. The number of ether oxygens (including phenoxy) is 1. The number of cyclic esters (lactones) is 1. The molecule has 2 aromatic carbocycles. The Kier molecular flexibility index (Phi) is 6.80. The summed E-state index contributed by atoms with van der Waals surface area (Å²) in [6.45, 7) is 3.25. The van der Waals surface area contributed by atoms with E-state index in [2.05, 4.69) is 4.90 Å². The summed E-state index contributed by atoms with van der Waals surface area (Å²) in [5, 5.41) is 10.5. The van der Waals surface area contributed by atoms with Crippen molar-refractivity contribution in [1.82, 2.24) is 4.90 Å². The van der Waals surface area contributed by atoms with Gasteiger partial charge in [-0.25, -0.2) is 0 Å². The first-order chi connectivity index (χ1) is 15.3. The fraction of sp³-hybridized carbons (Fsp3) is 0.440. The van der Waals surface area contributed by atoms with Gasteiger partial charge >= 0.3 is 11.9 Å². The molecule has 4 atom stereocenters. The summed E-state index contributed by atoms with van der Waals surface area (Å²) in [6.07, 6.45) is 1.94. The van der Waals surface area contributed by atoms with E-state index in [1.807, 2.05) is 43.3 Å². The molecule has 2 aliphatic rings. The van der Waals surface area contributed by atoms with Crippen LogP contribution in [0, 0.1) is 5.92 Å². The Hall–Kier alpha value is -2.08. The van der Waals surface area contributed by atoms with Crippen LogP contribution in [0.15, 0.2) is 48.5 Å². The number of likely N-dealkylation sites (tertiary alicyclic amines) is 1. The van der Waals surface area contributed by atoms with Crippen molar-refractivity contribution in [3.05, 3.63) is 69.7 Å². The van der Waals surface area contributed by atoms with E-state index in [1.165, 1.54) is 0 Å². The number of benzene rings is 2. The summed E-state index contributed by atoms with van der Waals surface area (Å²) >= 11 is 12.4. The van der Waals surface area contributed by atoms with Crippen LogP contribution in [-0.4, -0.2) is 40.6 Å². The van der Waals surface area contributed by atoms with Crippen LogP contribution in [0.2, 0.25) is 10.0 Å². The van der Waals surface area contributed by atoms with Crippen LogP contribution >= 0.6 is 23.2 Å². The lowest BCUT2D eigenvalue weighted by atomic mass is 9.75. The van der Waals surface area contributed by atoms with E-state index in [0.29, 0.717) is 23.0 Å². The molecule has 0 aromatic heterocycles. The van der Waals surface area contributed by atoms with Crippen molar-refractivity contribution >= 4 is 35.1 Å². The third kappa shape index (κ3) is 4.80. The van der Waals surface area contributed by atoms with Crippen molar-refractivity contribution in [3.8, 4) is 0 Å². The Balaban J connectivity index is 1.67. The minimum atomic E-state index is -0.840. The van der Waals surface area contributed by atoms with E-state index in [-0.39, 0.29) is 24.2 Å². The zero-order chi connectivity index (χ0) is 22.9. The second kappa shape index (κ2) is 9.42. The van der Waals surface area contributed by atoms with Crippen LogP contribution in [0.1, 0.15) is 55.8 Å². The lowest BCUT2D eigenvalue weighted by molar-refractivity contribution is -0.177. The van der Waals surface area contributed by atoms with Gasteiger partial charge < -0.3 is 9.84 Å². The highest BCUT2D eigenvalue weighted by Gasteiger charge is 2.51. The highest BCUT2D eigenvalue weighted by molar-refractivity contribution is 6.30. The molecule has 7 heteroatoms. The minimum Gasteiger partial charge on any atom is -0.481 e. The maximum absolute atomic E-state index is 13.4. The number of aliphatic carboxylic acids is 1. The third-order valence-electron chi connectivity index (χ3n) is 6.81. The number of rotatable bonds is 5.